The van der Waals surface area contributed by atoms with E-state index in [1.54, 1.807) is 0 Å². The second kappa shape index (κ2) is 4.80. The maximum atomic E-state index is 3.33. The summed E-state index contributed by atoms with van der Waals surface area (Å²) in [5.74, 6) is 6.57. The molecule has 0 spiro atoms. The molecule has 1 atom stereocenters. The first kappa shape index (κ1) is 11.3. The van der Waals surface area contributed by atoms with E-state index in [1.165, 1.54) is 10.6 Å². The normalized spacial score (nSPS) is 16.9. The number of fused-ring (bicyclic) bond motifs is 1. The molecule has 1 aliphatic heterocycles. The lowest BCUT2D eigenvalue weighted by Gasteiger charge is -2.16. The highest BCUT2D eigenvalue weighted by Crippen LogP contribution is 2.41. The van der Waals surface area contributed by atoms with E-state index in [4.69, 9.17) is 0 Å². The molecule has 1 aliphatic rings. The molecule has 1 heterocycles. The molecule has 0 radical (unpaired) electrons. The molecule has 0 amide bonds. The van der Waals surface area contributed by atoms with Gasteiger partial charge in [-0.15, -0.1) is 0 Å². The van der Waals surface area contributed by atoms with Gasteiger partial charge < -0.3 is 4.90 Å². The van der Waals surface area contributed by atoms with Crippen LogP contribution in [0.1, 0.15) is 5.56 Å². The fourth-order valence-electron chi connectivity index (χ4n) is 1.97. The first-order chi connectivity index (χ1) is 8.84. The van der Waals surface area contributed by atoms with Gasteiger partial charge in [0.25, 0.3) is 0 Å². The fraction of sp³-hybridized carbons (Fsp3) is 0.125. The quantitative estimate of drug-likeness (QED) is 0.658. The monoisotopic (exact) mass is 251 g/mol. The third-order valence-electron chi connectivity index (χ3n) is 2.95. The van der Waals surface area contributed by atoms with Gasteiger partial charge in [-0.25, -0.2) is 0 Å². The van der Waals surface area contributed by atoms with E-state index in [1.807, 2.05) is 42.1 Å². The number of thioether (sulfide) groups is 1. The summed E-state index contributed by atoms with van der Waals surface area (Å²) >= 11 is 1.82. The van der Waals surface area contributed by atoms with Crippen LogP contribution in [0.4, 0.5) is 5.69 Å². The number of rotatable bonds is 0. The highest BCUT2D eigenvalue weighted by atomic mass is 32.2. The zero-order valence-electron chi connectivity index (χ0n) is 10.1. The topological polar surface area (TPSA) is 3.24 Å². The molecule has 1 nitrogen and oxygen atoms in total. The molecule has 0 bridgehead atoms. The number of para-hydroxylation sites is 1. The van der Waals surface area contributed by atoms with Crippen LogP contribution in [0, 0.1) is 11.8 Å². The third kappa shape index (κ3) is 2.10. The number of anilines is 1. The molecule has 88 valence electrons. The zero-order chi connectivity index (χ0) is 12.4. The minimum Gasteiger partial charge on any atom is -0.351 e. The summed E-state index contributed by atoms with van der Waals surface area (Å²) in [4.78, 5) is 3.54. The first-order valence-corrected chi connectivity index (χ1v) is 6.78. The average Bonchev–Trinajstić information content (AvgIpc) is 2.75. The lowest BCUT2D eigenvalue weighted by molar-refractivity contribution is 1.01. The Hall–Kier alpha value is -1.85. The van der Waals surface area contributed by atoms with Crippen LogP contribution < -0.4 is 4.90 Å². The predicted octanol–water partition coefficient (Wildman–Crippen LogP) is 3.61. The molecule has 18 heavy (non-hydrogen) atoms. The van der Waals surface area contributed by atoms with Crippen molar-refractivity contribution in [1.82, 2.24) is 0 Å². The summed E-state index contributed by atoms with van der Waals surface area (Å²) < 4.78 is 0. The van der Waals surface area contributed by atoms with E-state index >= 15 is 0 Å². The van der Waals surface area contributed by atoms with Gasteiger partial charge in [0.15, 0.2) is 0 Å². The lowest BCUT2D eigenvalue weighted by Crippen LogP contribution is -2.22. The van der Waals surface area contributed by atoms with E-state index < -0.39 is 0 Å². The maximum Gasteiger partial charge on any atom is 0.142 e. The van der Waals surface area contributed by atoms with E-state index in [0.29, 0.717) is 0 Å². The van der Waals surface area contributed by atoms with Crippen LogP contribution in [0.2, 0.25) is 0 Å². The summed E-state index contributed by atoms with van der Waals surface area (Å²) in [5, 5.41) is 0.211. The molecule has 0 saturated heterocycles. The Kier molecular flexibility index (Phi) is 3.00. The second-order valence-corrected chi connectivity index (χ2v) is 5.31. The summed E-state index contributed by atoms with van der Waals surface area (Å²) in [7, 11) is 2.10. The van der Waals surface area contributed by atoms with Crippen molar-refractivity contribution in [2.24, 2.45) is 0 Å². The van der Waals surface area contributed by atoms with Gasteiger partial charge >= 0.3 is 0 Å². The number of hydrogen-bond acceptors (Lipinski definition) is 2. The molecule has 0 saturated carbocycles. The third-order valence-corrected chi connectivity index (χ3v) is 4.21. The van der Waals surface area contributed by atoms with Crippen molar-refractivity contribution in [2.75, 3.05) is 11.9 Å². The minimum atomic E-state index is 0.211. The fourth-order valence-corrected chi connectivity index (χ4v) is 3.09. The Morgan fingerprint density at radius 1 is 1.00 bits per heavy atom. The van der Waals surface area contributed by atoms with Crippen LogP contribution in [0.3, 0.4) is 0 Å². The summed E-state index contributed by atoms with van der Waals surface area (Å²) in [5.41, 5.74) is 2.34. The van der Waals surface area contributed by atoms with Crippen molar-refractivity contribution in [3.05, 3.63) is 60.2 Å². The summed E-state index contributed by atoms with van der Waals surface area (Å²) in [6.45, 7) is 0. The van der Waals surface area contributed by atoms with E-state index in [0.717, 1.165) is 5.56 Å². The van der Waals surface area contributed by atoms with Gasteiger partial charge in [-0.2, -0.15) is 0 Å². The van der Waals surface area contributed by atoms with Gasteiger partial charge in [0.2, 0.25) is 0 Å². The van der Waals surface area contributed by atoms with E-state index in [-0.39, 0.29) is 5.37 Å². The molecule has 0 N–H and O–H groups in total. The molecule has 2 heteroatoms. The Bertz CT molecular complexity index is 610. The molecule has 2 aromatic carbocycles. The molecular weight excluding hydrogens is 238 g/mol. The van der Waals surface area contributed by atoms with E-state index in [2.05, 4.69) is 48.1 Å². The van der Waals surface area contributed by atoms with E-state index in [9.17, 15) is 0 Å². The van der Waals surface area contributed by atoms with Crippen molar-refractivity contribution in [3.8, 4) is 11.8 Å². The number of hydrogen-bond donors (Lipinski definition) is 0. The molecule has 0 unspecified atom stereocenters. The maximum absolute atomic E-state index is 3.33. The van der Waals surface area contributed by atoms with Crippen LogP contribution >= 0.6 is 11.8 Å². The minimum absolute atomic E-state index is 0.211. The van der Waals surface area contributed by atoms with Gasteiger partial charge in [-0.1, -0.05) is 53.9 Å². The SMILES string of the molecule is CN1c2ccccc2S[C@H]1C#Cc1ccccc1. The van der Waals surface area contributed by atoms with Gasteiger partial charge in [0.05, 0.1) is 5.69 Å². The number of benzene rings is 2. The predicted molar refractivity (Wildman–Crippen MR) is 77.8 cm³/mol. The molecule has 0 fully saturated rings. The first-order valence-electron chi connectivity index (χ1n) is 5.90. The summed E-state index contributed by atoms with van der Waals surface area (Å²) in [6, 6.07) is 18.6. The lowest BCUT2D eigenvalue weighted by atomic mass is 10.2. The highest BCUT2D eigenvalue weighted by molar-refractivity contribution is 8.00. The molecule has 3 rings (SSSR count). The smallest absolute Gasteiger partial charge is 0.142 e. The van der Waals surface area contributed by atoms with Crippen LogP contribution in [-0.4, -0.2) is 12.4 Å². The van der Waals surface area contributed by atoms with Crippen molar-refractivity contribution in [2.45, 2.75) is 10.3 Å². The second-order valence-electron chi connectivity index (χ2n) is 4.18. The Morgan fingerprint density at radius 2 is 1.72 bits per heavy atom. The van der Waals surface area contributed by atoms with Gasteiger partial charge in [0, 0.05) is 17.5 Å². The molecule has 2 aromatic rings. The summed E-state index contributed by atoms with van der Waals surface area (Å²) in [6.07, 6.45) is 0. The van der Waals surface area contributed by atoms with Gasteiger partial charge in [-0.05, 0) is 24.3 Å². The van der Waals surface area contributed by atoms with Crippen molar-refractivity contribution in [1.29, 1.82) is 0 Å². The van der Waals surface area contributed by atoms with Crippen molar-refractivity contribution >= 4 is 17.4 Å². The Balaban J connectivity index is 1.84. The molecule has 0 aromatic heterocycles. The van der Waals surface area contributed by atoms with Crippen LogP contribution in [0.25, 0.3) is 0 Å². The largest absolute Gasteiger partial charge is 0.351 e. The Morgan fingerprint density at radius 3 is 2.50 bits per heavy atom. The van der Waals surface area contributed by atoms with Gasteiger partial charge in [-0.3, -0.25) is 0 Å². The molecule has 0 aliphatic carbocycles. The van der Waals surface area contributed by atoms with Crippen LogP contribution in [0.15, 0.2) is 59.5 Å². The highest BCUT2D eigenvalue weighted by Gasteiger charge is 2.24. The zero-order valence-corrected chi connectivity index (χ0v) is 10.9. The average molecular weight is 251 g/mol. The van der Waals surface area contributed by atoms with Crippen LogP contribution in [-0.2, 0) is 0 Å². The standard InChI is InChI=1S/C16H13NS/c1-17-14-9-5-6-10-15(14)18-16(17)12-11-13-7-3-2-4-8-13/h2-10,16H,1H3/t16-/m0/s1. The number of nitrogens with zero attached hydrogens (tertiary/aromatic N) is 1. The van der Waals surface area contributed by atoms with Gasteiger partial charge in [0.1, 0.15) is 5.37 Å². The van der Waals surface area contributed by atoms with Crippen molar-refractivity contribution < 1.29 is 0 Å². The van der Waals surface area contributed by atoms with Crippen molar-refractivity contribution in [3.63, 3.8) is 0 Å². The molecular formula is C16H13NS. The van der Waals surface area contributed by atoms with Crippen LogP contribution in [0.5, 0.6) is 0 Å². The Labute approximate surface area is 112 Å².